The zero-order chi connectivity index (χ0) is 19.3. The van der Waals surface area contributed by atoms with E-state index in [0.29, 0.717) is 11.3 Å². The maximum atomic E-state index is 12.4. The molecule has 2 amide bonds. The summed E-state index contributed by atoms with van der Waals surface area (Å²) in [5.41, 5.74) is 2.45. The summed E-state index contributed by atoms with van der Waals surface area (Å²) in [6.07, 6.45) is 2.00. The van der Waals surface area contributed by atoms with Gasteiger partial charge in [0.2, 0.25) is 5.91 Å². The zero-order valence-corrected chi connectivity index (χ0v) is 16.7. The molecule has 2 rings (SSSR count). The Labute approximate surface area is 159 Å². The summed E-state index contributed by atoms with van der Waals surface area (Å²) < 4.78 is 0. The van der Waals surface area contributed by atoms with Crippen LogP contribution in [-0.2, 0) is 10.2 Å². The molecular formula is C21H26N2O2S. The Morgan fingerprint density at radius 2 is 1.54 bits per heavy atom. The lowest BCUT2D eigenvalue weighted by molar-refractivity contribution is -0.117. The fourth-order valence-electron chi connectivity index (χ4n) is 2.39. The average Bonchev–Trinajstić information content (AvgIpc) is 2.61. The van der Waals surface area contributed by atoms with Gasteiger partial charge in [-0.05, 0) is 60.6 Å². The molecule has 4 nitrogen and oxygen atoms in total. The molecule has 26 heavy (non-hydrogen) atoms. The smallest absolute Gasteiger partial charge is 0.251 e. The normalized spacial score (nSPS) is 12.3. The monoisotopic (exact) mass is 370 g/mol. The maximum absolute atomic E-state index is 12.4. The van der Waals surface area contributed by atoms with Crippen LogP contribution in [0.15, 0.2) is 53.4 Å². The summed E-state index contributed by atoms with van der Waals surface area (Å²) in [7, 11) is 0. The number of anilines is 1. The van der Waals surface area contributed by atoms with Crippen molar-refractivity contribution in [3.8, 4) is 0 Å². The number of hydrogen-bond donors (Lipinski definition) is 2. The summed E-state index contributed by atoms with van der Waals surface area (Å²) in [5.74, 6) is -0.507. The molecule has 0 saturated heterocycles. The van der Waals surface area contributed by atoms with Crippen molar-refractivity contribution in [3.05, 3.63) is 59.7 Å². The van der Waals surface area contributed by atoms with E-state index in [2.05, 4.69) is 31.4 Å². The van der Waals surface area contributed by atoms with Crippen molar-refractivity contribution in [1.82, 2.24) is 5.32 Å². The molecule has 5 heteroatoms. The van der Waals surface area contributed by atoms with E-state index in [0.717, 1.165) is 10.5 Å². The minimum atomic E-state index is -0.634. The van der Waals surface area contributed by atoms with Crippen LogP contribution in [0.3, 0.4) is 0 Å². The van der Waals surface area contributed by atoms with Crippen LogP contribution in [0.4, 0.5) is 5.69 Å². The third kappa shape index (κ3) is 5.36. The Bertz CT molecular complexity index is 762. The first-order valence-corrected chi connectivity index (χ1v) is 9.79. The van der Waals surface area contributed by atoms with Gasteiger partial charge in [0.1, 0.15) is 6.04 Å². The molecule has 0 aliphatic heterocycles. The molecule has 0 saturated carbocycles. The van der Waals surface area contributed by atoms with E-state index >= 15 is 0 Å². The van der Waals surface area contributed by atoms with E-state index in [1.165, 1.54) is 0 Å². The van der Waals surface area contributed by atoms with E-state index in [-0.39, 0.29) is 17.2 Å². The van der Waals surface area contributed by atoms with Crippen LogP contribution in [0.5, 0.6) is 0 Å². The Morgan fingerprint density at radius 3 is 2.04 bits per heavy atom. The standard InChI is InChI=1S/C21H26N2O2S/c1-14(19(24)23-17-10-12-18(26-5)13-11-17)22-20(25)15-6-8-16(9-7-15)21(2,3)4/h6-14H,1-5H3,(H,22,25)(H,23,24). The predicted molar refractivity (Wildman–Crippen MR) is 109 cm³/mol. The molecule has 2 aromatic carbocycles. The molecule has 0 aromatic heterocycles. The molecule has 0 bridgehead atoms. The Hall–Kier alpha value is -2.27. The van der Waals surface area contributed by atoms with Crippen LogP contribution in [0.2, 0.25) is 0 Å². The van der Waals surface area contributed by atoms with Gasteiger partial charge in [0.15, 0.2) is 0 Å². The first-order valence-electron chi connectivity index (χ1n) is 8.57. The minimum absolute atomic E-state index is 0.0357. The summed E-state index contributed by atoms with van der Waals surface area (Å²) in [4.78, 5) is 25.8. The second-order valence-corrected chi connectivity index (χ2v) is 8.12. The number of thioether (sulfide) groups is 1. The van der Waals surface area contributed by atoms with Gasteiger partial charge in [-0.25, -0.2) is 0 Å². The van der Waals surface area contributed by atoms with Crippen molar-refractivity contribution in [1.29, 1.82) is 0 Å². The van der Waals surface area contributed by atoms with E-state index in [1.54, 1.807) is 30.8 Å². The summed E-state index contributed by atoms with van der Waals surface area (Å²) in [6, 6.07) is 14.4. The molecule has 0 heterocycles. The second-order valence-electron chi connectivity index (χ2n) is 7.24. The van der Waals surface area contributed by atoms with Gasteiger partial charge < -0.3 is 10.6 Å². The molecule has 2 aromatic rings. The SMILES string of the molecule is CSc1ccc(NC(=O)C(C)NC(=O)c2ccc(C(C)(C)C)cc2)cc1. The number of nitrogens with one attached hydrogen (secondary N) is 2. The molecule has 0 fully saturated rings. The van der Waals surface area contributed by atoms with Crippen molar-refractivity contribution in [2.45, 2.75) is 44.0 Å². The van der Waals surface area contributed by atoms with Gasteiger partial charge in [-0.15, -0.1) is 11.8 Å². The molecule has 0 aliphatic rings. The van der Waals surface area contributed by atoms with Crippen molar-refractivity contribution >= 4 is 29.3 Å². The van der Waals surface area contributed by atoms with Gasteiger partial charge >= 0.3 is 0 Å². The van der Waals surface area contributed by atoms with Crippen LogP contribution >= 0.6 is 11.8 Å². The lowest BCUT2D eigenvalue weighted by Gasteiger charge is -2.19. The highest BCUT2D eigenvalue weighted by Crippen LogP contribution is 2.22. The van der Waals surface area contributed by atoms with E-state index < -0.39 is 6.04 Å². The topological polar surface area (TPSA) is 58.2 Å². The molecule has 2 N–H and O–H groups in total. The van der Waals surface area contributed by atoms with Crippen LogP contribution < -0.4 is 10.6 Å². The van der Waals surface area contributed by atoms with Crippen molar-refractivity contribution in [3.63, 3.8) is 0 Å². The summed E-state index contributed by atoms with van der Waals surface area (Å²) >= 11 is 1.64. The predicted octanol–water partition coefficient (Wildman–Crippen LogP) is 4.46. The quantitative estimate of drug-likeness (QED) is 0.764. The lowest BCUT2D eigenvalue weighted by atomic mass is 9.86. The van der Waals surface area contributed by atoms with Gasteiger partial charge in [-0.3, -0.25) is 9.59 Å². The minimum Gasteiger partial charge on any atom is -0.341 e. The molecule has 1 atom stereocenters. The Morgan fingerprint density at radius 1 is 0.962 bits per heavy atom. The molecule has 138 valence electrons. The fraction of sp³-hybridized carbons (Fsp3) is 0.333. The molecular weight excluding hydrogens is 344 g/mol. The highest BCUT2D eigenvalue weighted by atomic mass is 32.2. The number of carbonyl (C=O) groups is 2. The van der Waals surface area contributed by atoms with E-state index in [1.807, 2.05) is 42.7 Å². The van der Waals surface area contributed by atoms with E-state index in [9.17, 15) is 9.59 Å². The highest BCUT2D eigenvalue weighted by molar-refractivity contribution is 7.98. The Balaban J connectivity index is 1.95. The first kappa shape index (κ1) is 20.0. The number of hydrogen-bond acceptors (Lipinski definition) is 3. The third-order valence-electron chi connectivity index (χ3n) is 4.11. The van der Waals surface area contributed by atoms with Gasteiger partial charge in [-0.2, -0.15) is 0 Å². The molecule has 0 spiro atoms. The lowest BCUT2D eigenvalue weighted by Crippen LogP contribution is -2.41. The fourth-order valence-corrected chi connectivity index (χ4v) is 2.80. The van der Waals surface area contributed by atoms with Crippen LogP contribution in [0.1, 0.15) is 43.6 Å². The number of benzene rings is 2. The molecule has 0 aliphatic carbocycles. The Kier molecular flexibility index (Phi) is 6.48. The largest absolute Gasteiger partial charge is 0.341 e. The van der Waals surface area contributed by atoms with Crippen molar-refractivity contribution < 1.29 is 9.59 Å². The maximum Gasteiger partial charge on any atom is 0.251 e. The second kappa shape index (κ2) is 8.41. The summed E-state index contributed by atoms with van der Waals surface area (Å²) in [6.45, 7) is 8.05. The molecule has 1 unspecified atom stereocenters. The average molecular weight is 371 g/mol. The van der Waals surface area contributed by atoms with Crippen molar-refractivity contribution in [2.24, 2.45) is 0 Å². The van der Waals surface area contributed by atoms with Crippen LogP contribution in [0, 0.1) is 0 Å². The van der Waals surface area contributed by atoms with Gasteiger partial charge in [0, 0.05) is 16.1 Å². The zero-order valence-electron chi connectivity index (χ0n) is 15.9. The van der Waals surface area contributed by atoms with Gasteiger partial charge in [0.05, 0.1) is 0 Å². The first-order chi connectivity index (χ1) is 12.2. The molecule has 0 radical (unpaired) electrons. The highest BCUT2D eigenvalue weighted by Gasteiger charge is 2.18. The number of amides is 2. The van der Waals surface area contributed by atoms with Crippen LogP contribution in [0.25, 0.3) is 0 Å². The summed E-state index contributed by atoms with van der Waals surface area (Å²) in [5, 5.41) is 5.56. The van der Waals surface area contributed by atoms with Gasteiger partial charge in [0.25, 0.3) is 5.91 Å². The van der Waals surface area contributed by atoms with Crippen molar-refractivity contribution in [2.75, 3.05) is 11.6 Å². The third-order valence-corrected chi connectivity index (χ3v) is 4.86. The van der Waals surface area contributed by atoms with Gasteiger partial charge in [-0.1, -0.05) is 32.9 Å². The number of rotatable bonds is 5. The number of carbonyl (C=O) groups excluding carboxylic acids is 2. The van der Waals surface area contributed by atoms with E-state index in [4.69, 9.17) is 0 Å². The van der Waals surface area contributed by atoms with Crippen LogP contribution in [-0.4, -0.2) is 24.1 Å².